The van der Waals surface area contributed by atoms with Gasteiger partial charge in [0.25, 0.3) is 5.91 Å². The van der Waals surface area contributed by atoms with Gasteiger partial charge < -0.3 is 10.1 Å². The van der Waals surface area contributed by atoms with Gasteiger partial charge in [-0.25, -0.2) is 13.1 Å². The smallest absolute Gasteiger partial charge is 0.251 e. The highest BCUT2D eigenvalue weighted by molar-refractivity contribution is 7.89. The Bertz CT molecular complexity index is 881. The van der Waals surface area contributed by atoms with E-state index in [9.17, 15) is 13.2 Å². The summed E-state index contributed by atoms with van der Waals surface area (Å²) in [6, 6.07) is 13.5. The van der Waals surface area contributed by atoms with E-state index in [0.29, 0.717) is 24.9 Å². The first-order valence-electron chi connectivity index (χ1n) is 8.89. The van der Waals surface area contributed by atoms with Crippen LogP contribution in [0, 0.1) is 0 Å². The van der Waals surface area contributed by atoms with Gasteiger partial charge in [0.05, 0.1) is 12.0 Å². The van der Waals surface area contributed by atoms with E-state index >= 15 is 0 Å². The maximum atomic E-state index is 12.4. The van der Waals surface area contributed by atoms with Gasteiger partial charge in [-0.3, -0.25) is 4.79 Å². The molecule has 2 aromatic carbocycles. The van der Waals surface area contributed by atoms with E-state index in [4.69, 9.17) is 4.74 Å². The fourth-order valence-corrected chi connectivity index (χ4v) is 3.84. The topological polar surface area (TPSA) is 84.5 Å². The molecule has 146 valence electrons. The number of rotatable bonds is 9. The van der Waals surface area contributed by atoms with Gasteiger partial charge >= 0.3 is 0 Å². The fourth-order valence-electron chi connectivity index (χ4n) is 2.47. The van der Waals surface area contributed by atoms with Crippen LogP contribution in [0.3, 0.4) is 0 Å². The highest BCUT2D eigenvalue weighted by Gasteiger charge is 2.18. The number of carbonyl (C=O) groups is 1. The second-order valence-electron chi connectivity index (χ2n) is 6.32. The van der Waals surface area contributed by atoms with Gasteiger partial charge in [-0.2, -0.15) is 0 Å². The molecule has 0 heterocycles. The summed E-state index contributed by atoms with van der Waals surface area (Å²) >= 11 is 0. The van der Waals surface area contributed by atoms with Crippen molar-refractivity contribution in [2.24, 2.45) is 0 Å². The molecule has 0 saturated heterocycles. The van der Waals surface area contributed by atoms with Gasteiger partial charge in [0.2, 0.25) is 10.0 Å². The first-order chi connectivity index (χ1) is 12.9. The quantitative estimate of drug-likeness (QED) is 0.689. The van der Waals surface area contributed by atoms with Crippen LogP contribution in [0.2, 0.25) is 0 Å². The number of methoxy groups -OCH3 is 1. The van der Waals surface area contributed by atoms with Gasteiger partial charge in [-0.1, -0.05) is 25.1 Å². The average molecular weight is 391 g/mol. The molecule has 1 atom stereocenters. The molecule has 0 aliphatic heterocycles. The number of ether oxygens (including phenoxy) is 1. The highest BCUT2D eigenvalue weighted by Crippen LogP contribution is 2.14. The third-order valence-electron chi connectivity index (χ3n) is 4.21. The van der Waals surface area contributed by atoms with Crippen molar-refractivity contribution in [3.05, 3.63) is 59.7 Å². The largest absolute Gasteiger partial charge is 0.497 e. The molecule has 2 aromatic rings. The molecule has 0 spiro atoms. The zero-order valence-electron chi connectivity index (χ0n) is 15.9. The summed E-state index contributed by atoms with van der Waals surface area (Å²) in [6.45, 7) is 4.14. The van der Waals surface area contributed by atoms with Gasteiger partial charge in [-0.15, -0.1) is 0 Å². The van der Waals surface area contributed by atoms with Crippen LogP contribution in [0.15, 0.2) is 53.4 Å². The van der Waals surface area contributed by atoms with Crippen molar-refractivity contribution in [2.75, 3.05) is 13.7 Å². The van der Waals surface area contributed by atoms with E-state index in [-0.39, 0.29) is 16.8 Å². The SMILES string of the molecule is CCC(C)NS(=O)(=O)c1cccc(C(=O)NCCc2cccc(OC)c2)c1. The zero-order chi connectivity index (χ0) is 19.9. The zero-order valence-corrected chi connectivity index (χ0v) is 16.7. The van der Waals surface area contributed by atoms with Crippen LogP contribution in [0.5, 0.6) is 5.75 Å². The molecular weight excluding hydrogens is 364 g/mol. The molecule has 0 fully saturated rings. The maximum Gasteiger partial charge on any atom is 0.251 e. The minimum absolute atomic E-state index is 0.0863. The molecule has 0 aliphatic rings. The molecule has 0 aliphatic carbocycles. The van der Waals surface area contributed by atoms with Crippen molar-refractivity contribution in [1.82, 2.24) is 10.0 Å². The fraction of sp³-hybridized carbons (Fsp3) is 0.350. The van der Waals surface area contributed by atoms with Crippen molar-refractivity contribution < 1.29 is 17.9 Å². The third kappa shape index (κ3) is 6.08. The Morgan fingerprint density at radius 3 is 2.59 bits per heavy atom. The van der Waals surface area contributed by atoms with Crippen LogP contribution in [0.1, 0.15) is 36.2 Å². The number of carbonyl (C=O) groups excluding carboxylic acids is 1. The molecule has 1 unspecified atom stereocenters. The Labute approximate surface area is 161 Å². The van der Waals surface area contributed by atoms with Gasteiger partial charge in [-0.05, 0) is 55.7 Å². The Kier molecular flexibility index (Phi) is 7.38. The minimum atomic E-state index is -3.64. The summed E-state index contributed by atoms with van der Waals surface area (Å²) in [7, 11) is -2.03. The third-order valence-corrected chi connectivity index (χ3v) is 5.80. The summed E-state index contributed by atoms with van der Waals surface area (Å²) in [4.78, 5) is 12.5. The van der Waals surface area contributed by atoms with Crippen LogP contribution >= 0.6 is 0 Å². The van der Waals surface area contributed by atoms with Crippen LogP contribution in [-0.2, 0) is 16.4 Å². The molecule has 2 N–H and O–H groups in total. The normalized spacial score (nSPS) is 12.4. The lowest BCUT2D eigenvalue weighted by atomic mass is 10.1. The molecule has 1 amide bonds. The van der Waals surface area contributed by atoms with Crippen LogP contribution in [0.25, 0.3) is 0 Å². The summed E-state index contributed by atoms with van der Waals surface area (Å²) in [5.41, 5.74) is 1.36. The second kappa shape index (κ2) is 9.53. The van der Waals surface area contributed by atoms with Crippen molar-refractivity contribution in [1.29, 1.82) is 0 Å². The lowest BCUT2D eigenvalue weighted by Gasteiger charge is -2.13. The Morgan fingerprint density at radius 2 is 1.89 bits per heavy atom. The highest BCUT2D eigenvalue weighted by atomic mass is 32.2. The molecule has 2 rings (SSSR count). The summed E-state index contributed by atoms with van der Waals surface area (Å²) in [5, 5.41) is 2.82. The molecule has 0 radical (unpaired) electrons. The first-order valence-corrected chi connectivity index (χ1v) is 10.4. The molecule has 7 heteroatoms. The molecule has 27 heavy (non-hydrogen) atoms. The van der Waals surface area contributed by atoms with Gasteiger partial charge in [0.1, 0.15) is 5.75 Å². The van der Waals surface area contributed by atoms with E-state index in [1.807, 2.05) is 31.2 Å². The maximum absolute atomic E-state index is 12.4. The van der Waals surface area contributed by atoms with E-state index < -0.39 is 10.0 Å². The van der Waals surface area contributed by atoms with Crippen LogP contribution in [0.4, 0.5) is 0 Å². The minimum Gasteiger partial charge on any atom is -0.497 e. The first kappa shape index (κ1) is 20.9. The second-order valence-corrected chi connectivity index (χ2v) is 8.03. The van der Waals surface area contributed by atoms with Crippen LogP contribution in [-0.4, -0.2) is 34.0 Å². The predicted octanol–water partition coefficient (Wildman–Crippen LogP) is 2.74. The number of amides is 1. The Morgan fingerprint density at radius 1 is 1.15 bits per heavy atom. The molecule has 0 bridgehead atoms. The number of hydrogen-bond acceptors (Lipinski definition) is 4. The molecule has 0 saturated carbocycles. The number of nitrogens with one attached hydrogen (secondary N) is 2. The van der Waals surface area contributed by atoms with E-state index in [1.54, 1.807) is 26.2 Å². The summed E-state index contributed by atoms with van der Waals surface area (Å²) < 4.78 is 32.5. The monoisotopic (exact) mass is 390 g/mol. The van der Waals surface area contributed by atoms with Gasteiger partial charge in [0.15, 0.2) is 0 Å². The Hall–Kier alpha value is -2.38. The number of sulfonamides is 1. The lowest BCUT2D eigenvalue weighted by molar-refractivity contribution is 0.0954. The Balaban J connectivity index is 2.00. The predicted molar refractivity (Wildman–Crippen MR) is 106 cm³/mol. The van der Waals surface area contributed by atoms with E-state index in [1.165, 1.54) is 12.1 Å². The van der Waals surface area contributed by atoms with E-state index in [2.05, 4.69) is 10.0 Å². The summed E-state index contributed by atoms with van der Waals surface area (Å²) in [5.74, 6) is 0.462. The van der Waals surface area contributed by atoms with Crippen LogP contribution < -0.4 is 14.8 Å². The van der Waals surface area contributed by atoms with E-state index in [0.717, 1.165) is 11.3 Å². The molecule has 6 nitrogen and oxygen atoms in total. The number of hydrogen-bond donors (Lipinski definition) is 2. The standard InChI is InChI=1S/C20H26N2O4S/c1-4-15(2)22-27(24,25)19-10-6-8-17(14-19)20(23)21-12-11-16-7-5-9-18(13-16)26-3/h5-10,13-15,22H,4,11-12H2,1-3H3,(H,21,23). The van der Waals surface area contributed by atoms with Gasteiger partial charge in [0, 0.05) is 18.2 Å². The van der Waals surface area contributed by atoms with Crippen molar-refractivity contribution >= 4 is 15.9 Å². The number of benzene rings is 2. The molecule has 0 aromatic heterocycles. The van der Waals surface area contributed by atoms with Crippen molar-refractivity contribution in [3.8, 4) is 5.75 Å². The van der Waals surface area contributed by atoms with Crippen molar-refractivity contribution in [2.45, 2.75) is 37.6 Å². The average Bonchev–Trinajstić information content (AvgIpc) is 2.67. The summed E-state index contributed by atoms with van der Waals surface area (Å²) in [6.07, 6.45) is 1.33. The van der Waals surface area contributed by atoms with Crippen molar-refractivity contribution in [3.63, 3.8) is 0 Å². The molecular formula is C20H26N2O4S. The lowest BCUT2D eigenvalue weighted by Crippen LogP contribution is -2.32.